The maximum atomic E-state index is 13.3. The SMILES string of the molecule is Cc1ccc(F)c(CC(N)C(C)C)c1. The first-order valence-electron chi connectivity index (χ1n) is 5.01. The maximum absolute atomic E-state index is 13.3. The summed E-state index contributed by atoms with van der Waals surface area (Å²) >= 11 is 0. The van der Waals surface area contributed by atoms with E-state index in [1.807, 2.05) is 13.0 Å². The molecular weight excluding hydrogens is 177 g/mol. The number of rotatable bonds is 3. The summed E-state index contributed by atoms with van der Waals surface area (Å²) in [5.74, 6) is 0.238. The van der Waals surface area contributed by atoms with E-state index in [2.05, 4.69) is 13.8 Å². The minimum Gasteiger partial charge on any atom is -0.327 e. The molecule has 0 bridgehead atoms. The Morgan fingerprint density at radius 1 is 1.36 bits per heavy atom. The molecule has 14 heavy (non-hydrogen) atoms. The minimum atomic E-state index is -0.147. The number of hydrogen-bond donors (Lipinski definition) is 1. The van der Waals surface area contributed by atoms with Gasteiger partial charge in [0.05, 0.1) is 0 Å². The lowest BCUT2D eigenvalue weighted by atomic mass is 9.96. The summed E-state index contributed by atoms with van der Waals surface area (Å²) in [4.78, 5) is 0. The molecule has 2 heteroatoms. The van der Waals surface area contributed by atoms with Crippen molar-refractivity contribution in [3.8, 4) is 0 Å². The second-order valence-corrected chi connectivity index (χ2v) is 4.21. The molecule has 1 atom stereocenters. The Morgan fingerprint density at radius 2 is 2.00 bits per heavy atom. The quantitative estimate of drug-likeness (QED) is 0.788. The average Bonchev–Trinajstić information content (AvgIpc) is 2.11. The van der Waals surface area contributed by atoms with E-state index >= 15 is 0 Å². The third kappa shape index (κ3) is 2.81. The fourth-order valence-corrected chi connectivity index (χ4v) is 1.35. The molecule has 1 nitrogen and oxygen atoms in total. The summed E-state index contributed by atoms with van der Waals surface area (Å²) in [6.07, 6.45) is 0.616. The second-order valence-electron chi connectivity index (χ2n) is 4.21. The van der Waals surface area contributed by atoms with Gasteiger partial charge in [-0.15, -0.1) is 0 Å². The molecule has 0 heterocycles. The maximum Gasteiger partial charge on any atom is 0.126 e. The van der Waals surface area contributed by atoms with Gasteiger partial charge in [-0.25, -0.2) is 4.39 Å². The van der Waals surface area contributed by atoms with E-state index < -0.39 is 0 Å². The summed E-state index contributed by atoms with van der Waals surface area (Å²) in [5, 5.41) is 0. The van der Waals surface area contributed by atoms with Crippen LogP contribution < -0.4 is 5.73 Å². The van der Waals surface area contributed by atoms with Gasteiger partial charge >= 0.3 is 0 Å². The van der Waals surface area contributed by atoms with Crippen LogP contribution in [0.1, 0.15) is 25.0 Å². The van der Waals surface area contributed by atoms with Gasteiger partial charge in [0.15, 0.2) is 0 Å². The Kier molecular flexibility index (Phi) is 3.64. The number of hydrogen-bond acceptors (Lipinski definition) is 1. The van der Waals surface area contributed by atoms with E-state index in [-0.39, 0.29) is 11.9 Å². The molecule has 0 aliphatic heterocycles. The standard InChI is InChI=1S/C12H18FN/c1-8(2)12(14)7-10-6-9(3)4-5-11(10)13/h4-6,8,12H,7,14H2,1-3H3. The number of aryl methyl sites for hydroxylation is 1. The smallest absolute Gasteiger partial charge is 0.126 e. The van der Waals surface area contributed by atoms with Crippen LogP contribution in [0.5, 0.6) is 0 Å². The van der Waals surface area contributed by atoms with Crippen molar-refractivity contribution in [1.29, 1.82) is 0 Å². The number of halogens is 1. The van der Waals surface area contributed by atoms with Gasteiger partial charge in [0.25, 0.3) is 0 Å². The van der Waals surface area contributed by atoms with Crippen LogP contribution in [0.4, 0.5) is 4.39 Å². The topological polar surface area (TPSA) is 26.0 Å². The molecule has 1 aromatic carbocycles. The monoisotopic (exact) mass is 195 g/mol. The van der Waals surface area contributed by atoms with Gasteiger partial charge in [-0.05, 0) is 30.9 Å². The Balaban J connectivity index is 2.80. The third-order valence-electron chi connectivity index (χ3n) is 2.51. The molecule has 2 N–H and O–H groups in total. The molecule has 1 unspecified atom stereocenters. The molecule has 78 valence electrons. The van der Waals surface area contributed by atoms with E-state index in [0.717, 1.165) is 11.1 Å². The zero-order chi connectivity index (χ0) is 10.7. The van der Waals surface area contributed by atoms with E-state index in [4.69, 9.17) is 5.73 Å². The van der Waals surface area contributed by atoms with Crippen molar-refractivity contribution in [3.05, 3.63) is 35.1 Å². The van der Waals surface area contributed by atoms with Crippen LogP contribution >= 0.6 is 0 Å². The Hall–Kier alpha value is -0.890. The van der Waals surface area contributed by atoms with Crippen molar-refractivity contribution in [2.75, 3.05) is 0 Å². The number of benzene rings is 1. The molecule has 0 aromatic heterocycles. The van der Waals surface area contributed by atoms with E-state index in [0.29, 0.717) is 12.3 Å². The largest absolute Gasteiger partial charge is 0.327 e. The predicted octanol–water partition coefficient (Wildman–Crippen LogP) is 2.66. The predicted molar refractivity (Wildman–Crippen MR) is 57.7 cm³/mol. The normalized spacial score (nSPS) is 13.3. The zero-order valence-corrected chi connectivity index (χ0v) is 9.05. The average molecular weight is 195 g/mol. The van der Waals surface area contributed by atoms with Crippen molar-refractivity contribution in [2.24, 2.45) is 11.7 Å². The molecule has 0 saturated heterocycles. The molecular formula is C12H18FN. The highest BCUT2D eigenvalue weighted by Crippen LogP contribution is 2.14. The fourth-order valence-electron chi connectivity index (χ4n) is 1.35. The van der Waals surface area contributed by atoms with Crippen molar-refractivity contribution in [3.63, 3.8) is 0 Å². The van der Waals surface area contributed by atoms with Gasteiger partial charge in [-0.1, -0.05) is 31.5 Å². The highest BCUT2D eigenvalue weighted by molar-refractivity contribution is 5.24. The van der Waals surface area contributed by atoms with Crippen LogP contribution in [0.25, 0.3) is 0 Å². The summed E-state index contributed by atoms with van der Waals surface area (Å²) in [7, 11) is 0. The zero-order valence-electron chi connectivity index (χ0n) is 9.05. The fraction of sp³-hybridized carbons (Fsp3) is 0.500. The molecule has 0 aliphatic carbocycles. The van der Waals surface area contributed by atoms with Gasteiger partial charge < -0.3 is 5.73 Å². The first kappa shape index (κ1) is 11.2. The van der Waals surface area contributed by atoms with Gasteiger partial charge in [0.1, 0.15) is 5.82 Å². The lowest BCUT2D eigenvalue weighted by Crippen LogP contribution is -2.29. The summed E-state index contributed by atoms with van der Waals surface area (Å²) in [5.41, 5.74) is 7.71. The lowest BCUT2D eigenvalue weighted by Gasteiger charge is -2.16. The molecule has 0 amide bonds. The van der Waals surface area contributed by atoms with Crippen LogP contribution in [-0.2, 0) is 6.42 Å². The Bertz CT molecular complexity index is 307. The van der Waals surface area contributed by atoms with Gasteiger partial charge in [0.2, 0.25) is 0 Å². The number of nitrogens with two attached hydrogens (primary N) is 1. The Labute approximate surface area is 85.1 Å². The first-order valence-corrected chi connectivity index (χ1v) is 5.01. The molecule has 0 fully saturated rings. The van der Waals surface area contributed by atoms with Gasteiger partial charge in [0, 0.05) is 6.04 Å². The van der Waals surface area contributed by atoms with E-state index in [9.17, 15) is 4.39 Å². The molecule has 0 saturated carbocycles. The molecule has 0 aliphatic rings. The van der Waals surface area contributed by atoms with Crippen LogP contribution in [0.2, 0.25) is 0 Å². The third-order valence-corrected chi connectivity index (χ3v) is 2.51. The lowest BCUT2D eigenvalue weighted by molar-refractivity contribution is 0.479. The van der Waals surface area contributed by atoms with Crippen molar-refractivity contribution in [2.45, 2.75) is 33.2 Å². The summed E-state index contributed by atoms with van der Waals surface area (Å²) in [6.45, 7) is 6.07. The van der Waals surface area contributed by atoms with Crippen molar-refractivity contribution >= 4 is 0 Å². The minimum absolute atomic E-state index is 0.0336. The van der Waals surface area contributed by atoms with Crippen LogP contribution in [0.15, 0.2) is 18.2 Å². The highest BCUT2D eigenvalue weighted by atomic mass is 19.1. The second kappa shape index (κ2) is 4.56. The van der Waals surface area contributed by atoms with Crippen molar-refractivity contribution in [1.82, 2.24) is 0 Å². The van der Waals surface area contributed by atoms with Crippen molar-refractivity contribution < 1.29 is 4.39 Å². The van der Waals surface area contributed by atoms with Crippen LogP contribution in [0.3, 0.4) is 0 Å². The molecule has 1 aromatic rings. The molecule has 0 spiro atoms. The van der Waals surface area contributed by atoms with Crippen LogP contribution in [-0.4, -0.2) is 6.04 Å². The summed E-state index contributed by atoms with van der Waals surface area (Å²) in [6, 6.07) is 5.20. The van der Waals surface area contributed by atoms with E-state index in [1.54, 1.807) is 6.07 Å². The van der Waals surface area contributed by atoms with Crippen LogP contribution in [0, 0.1) is 18.7 Å². The highest BCUT2D eigenvalue weighted by Gasteiger charge is 2.11. The Morgan fingerprint density at radius 3 is 2.57 bits per heavy atom. The van der Waals surface area contributed by atoms with Gasteiger partial charge in [-0.2, -0.15) is 0 Å². The van der Waals surface area contributed by atoms with Gasteiger partial charge in [-0.3, -0.25) is 0 Å². The summed E-state index contributed by atoms with van der Waals surface area (Å²) < 4.78 is 13.3. The van der Waals surface area contributed by atoms with E-state index in [1.165, 1.54) is 6.07 Å². The molecule has 1 rings (SSSR count). The first-order chi connectivity index (χ1) is 6.50. The molecule has 0 radical (unpaired) electrons.